The summed E-state index contributed by atoms with van der Waals surface area (Å²) < 4.78 is 5.78. The Hall–Kier alpha value is -3.92. The lowest BCUT2D eigenvalue weighted by Crippen LogP contribution is -2.20. The van der Waals surface area contributed by atoms with Crippen LogP contribution in [0, 0.1) is 0 Å². The van der Waals surface area contributed by atoms with E-state index in [9.17, 15) is 9.59 Å². The van der Waals surface area contributed by atoms with E-state index in [-0.39, 0.29) is 5.91 Å². The summed E-state index contributed by atoms with van der Waals surface area (Å²) in [4.78, 5) is 23.8. The van der Waals surface area contributed by atoms with Crippen LogP contribution >= 0.6 is 0 Å². The summed E-state index contributed by atoms with van der Waals surface area (Å²) in [6.07, 6.45) is 12.0. The minimum Gasteiger partial charge on any atom is -0.495 e. The molecule has 1 N–H and O–H groups in total. The molecule has 38 heavy (non-hydrogen) atoms. The molecule has 3 aromatic rings. The number of hydrogen-bond donors (Lipinski definition) is 1. The van der Waals surface area contributed by atoms with Crippen molar-refractivity contribution in [2.75, 3.05) is 14.2 Å². The van der Waals surface area contributed by atoms with E-state index in [4.69, 9.17) is 4.74 Å². The zero-order valence-corrected chi connectivity index (χ0v) is 23.1. The van der Waals surface area contributed by atoms with Gasteiger partial charge in [0, 0.05) is 18.2 Å². The molecule has 0 bridgehead atoms. The van der Waals surface area contributed by atoms with Crippen molar-refractivity contribution in [3.8, 4) is 16.9 Å². The molecule has 4 heteroatoms. The molecule has 1 amide bonds. The maximum Gasteiger partial charge on any atom is 0.255 e. The fraction of sp³-hybridized carbons (Fsp3) is 0.294. The molecule has 0 saturated carbocycles. The fourth-order valence-electron chi connectivity index (χ4n) is 5.09. The van der Waals surface area contributed by atoms with Gasteiger partial charge in [-0.15, -0.1) is 0 Å². The van der Waals surface area contributed by atoms with Gasteiger partial charge >= 0.3 is 0 Å². The Kier molecular flexibility index (Phi) is 10.7. The minimum absolute atomic E-state index is 0.205. The number of rotatable bonds is 13. The molecule has 0 aliphatic rings. The maximum atomic E-state index is 12.8. The van der Waals surface area contributed by atoms with Gasteiger partial charge in [-0.3, -0.25) is 9.59 Å². The van der Waals surface area contributed by atoms with Crippen LogP contribution in [-0.4, -0.2) is 26.4 Å². The Labute approximate surface area is 227 Å². The van der Waals surface area contributed by atoms with Gasteiger partial charge in [-0.2, -0.15) is 0 Å². The van der Waals surface area contributed by atoms with Crippen LogP contribution in [0.25, 0.3) is 23.3 Å². The van der Waals surface area contributed by atoms with E-state index in [2.05, 4.69) is 61.3 Å². The molecule has 3 aromatic carbocycles. The van der Waals surface area contributed by atoms with E-state index < -0.39 is 0 Å². The van der Waals surface area contributed by atoms with Gasteiger partial charge < -0.3 is 10.1 Å². The zero-order valence-electron chi connectivity index (χ0n) is 23.1. The average molecular weight is 510 g/mol. The smallest absolute Gasteiger partial charge is 0.255 e. The first-order chi connectivity index (χ1) is 18.5. The van der Waals surface area contributed by atoms with Crippen LogP contribution in [0.1, 0.15) is 88.4 Å². The monoisotopic (exact) mass is 509 g/mol. The Balaban J connectivity index is 1.83. The van der Waals surface area contributed by atoms with Crippen molar-refractivity contribution in [1.29, 1.82) is 0 Å². The third-order valence-electron chi connectivity index (χ3n) is 7.02. The third-order valence-corrected chi connectivity index (χ3v) is 7.02. The highest BCUT2D eigenvalue weighted by atomic mass is 16.5. The van der Waals surface area contributed by atoms with Crippen LogP contribution in [0.3, 0.4) is 0 Å². The summed E-state index contributed by atoms with van der Waals surface area (Å²) in [7, 11) is 3.22. The Morgan fingerprint density at radius 3 is 2.34 bits per heavy atom. The first kappa shape index (κ1) is 28.6. The first-order valence-corrected chi connectivity index (χ1v) is 13.4. The van der Waals surface area contributed by atoms with E-state index >= 15 is 0 Å². The first-order valence-electron chi connectivity index (χ1n) is 13.4. The lowest BCUT2D eigenvalue weighted by molar-refractivity contribution is 0.0959. The van der Waals surface area contributed by atoms with Gasteiger partial charge in [0.1, 0.15) is 12.0 Å². The SMILES string of the molecule is C=Cc1c(/C=C\C)cc(-c2ccc(CCCC(CCC)c3ccc(C=O)cc3)cc2)c(OC)c1C(=O)NC. The molecule has 0 aliphatic heterocycles. The number of methoxy groups -OCH3 is 1. The second-order valence-electron chi connectivity index (χ2n) is 9.48. The summed E-state index contributed by atoms with van der Waals surface area (Å²) in [6, 6.07) is 18.6. The second kappa shape index (κ2) is 14.1. The summed E-state index contributed by atoms with van der Waals surface area (Å²) in [5, 5.41) is 2.74. The molecule has 0 fully saturated rings. The minimum atomic E-state index is -0.205. The van der Waals surface area contributed by atoms with Crippen molar-refractivity contribution in [3.05, 3.63) is 101 Å². The molecule has 0 spiro atoms. The summed E-state index contributed by atoms with van der Waals surface area (Å²) in [6.45, 7) is 8.11. The standard InChI is InChI=1S/C34H39NO3/c1-6-10-26(27-18-16-25(23-36)17-19-27)13-9-12-24-14-20-28(21-15-24)31-22-29(11-7-2)30(8-3)32(33(31)38-5)34(37)35-4/h7-8,11,14-23,26H,3,6,9-10,12-13H2,1-2,4-5H3,(H,35,37)/b11-7-. The number of amides is 1. The molecular weight excluding hydrogens is 470 g/mol. The number of aryl methyl sites for hydroxylation is 1. The number of ether oxygens (including phenoxy) is 1. The van der Waals surface area contributed by atoms with E-state index in [0.717, 1.165) is 66.2 Å². The number of benzene rings is 3. The summed E-state index contributed by atoms with van der Waals surface area (Å²) in [5.74, 6) is 0.840. The average Bonchev–Trinajstić information content (AvgIpc) is 2.96. The molecule has 198 valence electrons. The number of aldehydes is 1. The molecule has 0 aromatic heterocycles. The van der Waals surface area contributed by atoms with Crippen molar-refractivity contribution in [2.45, 2.75) is 51.9 Å². The maximum absolute atomic E-state index is 12.8. The lowest BCUT2D eigenvalue weighted by Gasteiger charge is -2.19. The van der Waals surface area contributed by atoms with Crippen LogP contribution in [-0.2, 0) is 6.42 Å². The molecule has 0 aliphatic carbocycles. The fourth-order valence-corrected chi connectivity index (χ4v) is 5.09. The van der Waals surface area contributed by atoms with Gasteiger partial charge in [0.15, 0.2) is 0 Å². The van der Waals surface area contributed by atoms with Crippen molar-refractivity contribution in [2.24, 2.45) is 0 Å². The van der Waals surface area contributed by atoms with E-state index in [1.165, 1.54) is 11.1 Å². The number of nitrogens with one attached hydrogen (secondary N) is 1. The van der Waals surface area contributed by atoms with E-state index in [1.807, 2.05) is 31.2 Å². The van der Waals surface area contributed by atoms with Gasteiger partial charge in [0.2, 0.25) is 0 Å². The molecule has 3 rings (SSSR count). The molecule has 0 radical (unpaired) electrons. The van der Waals surface area contributed by atoms with Gasteiger partial charge in [0.25, 0.3) is 5.91 Å². The van der Waals surface area contributed by atoms with Crippen LogP contribution in [0.5, 0.6) is 5.75 Å². The van der Waals surface area contributed by atoms with Crippen LogP contribution in [0.15, 0.2) is 67.3 Å². The number of carbonyl (C=O) groups excluding carboxylic acids is 2. The largest absolute Gasteiger partial charge is 0.495 e. The Morgan fingerprint density at radius 1 is 1.08 bits per heavy atom. The number of hydrogen-bond acceptors (Lipinski definition) is 3. The quantitative estimate of drug-likeness (QED) is 0.237. The highest BCUT2D eigenvalue weighted by Gasteiger charge is 2.22. The predicted molar refractivity (Wildman–Crippen MR) is 159 cm³/mol. The second-order valence-corrected chi connectivity index (χ2v) is 9.48. The number of carbonyl (C=O) groups is 2. The molecule has 4 nitrogen and oxygen atoms in total. The van der Waals surface area contributed by atoms with E-state index in [0.29, 0.717) is 17.2 Å². The van der Waals surface area contributed by atoms with Gasteiger partial charge in [0.05, 0.1) is 12.7 Å². The zero-order chi connectivity index (χ0) is 27.5. The molecule has 1 unspecified atom stereocenters. The summed E-state index contributed by atoms with van der Waals surface area (Å²) >= 11 is 0. The van der Waals surface area contributed by atoms with Gasteiger partial charge in [-0.25, -0.2) is 0 Å². The predicted octanol–water partition coefficient (Wildman–Crippen LogP) is 8.12. The van der Waals surface area contributed by atoms with Crippen LogP contribution in [0.4, 0.5) is 0 Å². The van der Waals surface area contributed by atoms with Gasteiger partial charge in [-0.05, 0) is 72.4 Å². The number of allylic oxidation sites excluding steroid dienone is 1. The highest BCUT2D eigenvalue weighted by Crippen LogP contribution is 2.38. The van der Waals surface area contributed by atoms with Crippen LogP contribution in [0.2, 0.25) is 0 Å². The topological polar surface area (TPSA) is 55.4 Å². The normalized spacial score (nSPS) is 11.8. The van der Waals surface area contributed by atoms with Crippen molar-refractivity contribution in [1.82, 2.24) is 5.32 Å². The lowest BCUT2D eigenvalue weighted by atomic mass is 9.88. The van der Waals surface area contributed by atoms with Crippen molar-refractivity contribution in [3.63, 3.8) is 0 Å². The van der Waals surface area contributed by atoms with Crippen LogP contribution < -0.4 is 10.1 Å². The molecular formula is C34H39NO3. The Bertz CT molecular complexity index is 1270. The van der Waals surface area contributed by atoms with Gasteiger partial charge in [-0.1, -0.05) is 86.7 Å². The third kappa shape index (κ3) is 6.69. The van der Waals surface area contributed by atoms with E-state index in [1.54, 1.807) is 20.2 Å². The summed E-state index contributed by atoms with van der Waals surface area (Å²) in [5.41, 5.74) is 7.34. The molecule has 0 heterocycles. The highest BCUT2D eigenvalue weighted by molar-refractivity contribution is 6.04. The molecule has 0 saturated heterocycles. The Morgan fingerprint density at radius 2 is 1.79 bits per heavy atom. The van der Waals surface area contributed by atoms with Crippen molar-refractivity contribution < 1.29 is 14.3 Å². The molecule has 1 atom stereocenters. The van der Waals surface area contributed by atoms with Crippen molar-refractivity contribution >= 4 is 24.3 Å².